The first-order valence-electron chi connectivity index (χ1n) is 22.1. The van der Waals surface area contributed by atoms with Gasteiger partial charge in [0.1, 0.15) is 11.5 Å². The van der Waals surface area contributed by atoms with Gasteiger partial charge in [-0.15, -0.1) is 0 Å². The molecule has 0 radical (unpaired) electrons. The number of para-hydroxylation sites is 2. The molecule has 63 heavy (non-hydrogen) atoms. The predicted molar refractivity (Wildman–Crippen MR) is 262 cm³/mol. The summed E-state index contributed by atoms with van der Waals surface area (Å²) in [6.45, 7) is 0. The molecule has 10 aromatic carbocycles. The highest BCUT2D eigenvalue weighted by Crippen LogP contribution is 2.62. The molecule has 1 aromatic heterocycles. The molecule has 0 amide bonds. The van der Waals surface area contributed by atoms with Gasteiger partial charge in [-0.2, -0.15) is 0 Å². The van der Waals surface area contributed by atoms with Gasteiger partial charge in [0.25, 0.3) is 0 Å². The summed E-state index contributed by atoms with van der Waals surface area (Å²) in [6.07, 6.45) is 6.55. The monoisotopic (exact) mass is 801 g/mol. The number of hydrogen-bond donors (Lipinski definition) is 0. The first-order valence-corrected chi connectivity index (χ1v) is 22.1. The van der Waals surface area contributed by atoms with Crippen LogP contribution in [0.3, 0.4) is 0 Å². The van der Waals surface area contributed by atoms with Crippen LogP contribution >= 0.6 is 0 Å². The van der Waals surface area contributed by atoms with Crippen LogP contribution in [0.25, 0.3) is 93.2 Å². The minimum atomic E-state index is -0.493. The fourth-order valence-corrected chi connectivity index (χ4v) is 11.6. The van der Waals surface area contributed by atoms with Gasteiger partial charge in [0.2, 0.25) is 0 Å². The van der Waals surface area contributed by atoms with Crippen LogP contribution in [0, 0.1) is 0 Å². The van der Waals surface area contributed by atoms with E-state index >= 15 is 0 Å². The molecule has 1 unspecified atom stereocenters. The lowest BCUT2D eigenvalue weighted by atomic mass is 9.64. The van der Waals surface area contributed by atoms with Crippen LogP contribution in [0.2, 0.25) is 0 Å². The second kappa shape index (κ2) is 13.0. The van der Waals surface area contributed by atoms with Crippen molar-refractivity contribution < 1.29 is 4.74 Å². The predicted octanol–water partition coefficient (Wildman–Crippen LogP) is 15.9. The van der Waals surface area contributed by atoms with Gasteiger partial charge in [0.15, 0.2) is 0 Å². The SMILES string of the molecule is C1=CC2=C(CC1)Oc1ccccc1C21c2ccccc2-c2cc3c4cc(-c5cccc(-c6ccc7c8ccccc8c8ccccc8c7c6)c5)ccc4n(-c4ccccc4)c3cc21. The van der Waals surface area contributed by atoms with Crippen LogP contribution in [0.4, 0.5) is 0 Å². The molecule has 1 atom stereocenters. The van der Waals surface area contributed by atoms with E-state index in [4.69, 9.17) is 4.74 Å². The van der Waals surface area contributed by atoms with E-state index in [1.165, 1.54) is 110 Å². The van der Waals surface area contributed by atoms with Crippen molar-refractivity contribution in [2.75, 3.05) is 0 Å². The van der Waals surface area contributed by atoms with Gasteiger partial charge < -0.3 is 9.30 Å². The average Bonchev–Trinajstić information content (AvgIpc) is 3.83. The zero-order valence-corrected chi connectivity index (χ0v) is 34.5. The maximum Gasteiger partial charge on any atom is 0.131 e. The van der Waals surface area contributed by atoms with Crippen LogP contribution < -0.4 is 4.74 Å². The molecular formula is C61H39NO. The molecule has 0 saturated carbocycles. The maximum absolute atomic E-state index is 6.75. The van der Waals surface area contributed by atoms with Crippen LogP contribution in [0.15, 0.2) is 224 Å². The normalized spacial score (nSPS) is 16.2. The molecule has 0 bridgehead atoms. The van der Waals surface area contributed by atoms with Crippen LogP contribution in [0.5, 0.6) is 5.75 Å². The van der Waals surface area contributed by atoms with Crippen LogP contribution in [-0.4, -0.2) is 4.57 Å². The summed E-state index contributed by atoms with van der Waals surface area (Å²) >= 11 is 0. The Bertz CT molecular complexity index is 3790. The fourth-order valence-electron chi connectivity index (χ4n) is 11.6. The van der Waals surface area contributed by atoms with E-state index in [0.717, 1.165) is 30.0 Å². The number of aromatic nitrogens is 1. The standard InChI is InChI=1S/C61H39NO/c1-2-17-42(18-3-1)62-57-32-30-41(39-16-14-15-38(33-39)40-29-31-47-45-21-5-4-19-43(45)44-20-6-7-22-46(44)49(47)34-40)35-51(57)52-36-50-48-23-8-9-24-53(48)61(56(50)37-58(52)62)54-25-10-12-27-59(54)63-60-28-13-11-26-55(60)61/h1-12,14-27,29-37H,13,28H2. The lowest BCUT2D eigenvalue weighted by Crippen LogP contribution is -2.35. The highest BCUT2D eigenvalue weighted by Gasteiger charge is 2.52. The first-order chi connectivity index (χ1) is 31.2. The quantitative estimate of drug-likeness (QED) is 0.162. The molecule has 1 aliphatic heterocycles. The molecule has 0 N–H and O–H groups in total. The zero-order valence-electron chi connectivity index (χ0n) is 34.5. The third kappa shape index (κ3) is 4.78. The minimum Gasteiger partial charge on any atom is -0.461 e. The van der Waals surface area contributed by atoms with E-state index in [9.17, 15) is 0 Å². The smallest absolute Gasteiger partial charge is 0.131 e. The second-order valence-electron chi connectivity index (χ2n) is 17.4. The summed E-state index contributed by atoms with van der Waals surface area (Å²) < 4.78 is 9.22. The maximum atomic E-state index is 6.75. The molecule has 2 heteroatoms. The summed E-state index contributed by atoms with van der Waals surface area (Å²) in [5.74, 6) is 2.04. The third-order valence-corrected chi connectivity index (χ3v) is 14.3. The summed E-state index contributed by atoms with van der Waals surface area (Å²) in [5, 5.41) is 10.2. The van der Waals surface area contributed by atoms with E-state index in [0.29, 0.717) is 0 Å². The number of allylic oxidation sites excluding steroid dienone is 4. The molecule has 0 saturated heterocycles. The second-order valence-corrected chi connectivity index (χ2v) is 17.4. The van der Waals surface area contributed by atoms with Gasteiger partial charge in [-0.05, 0) is 138 Å². The van der Waals surface area contributed by atoms with Gasteiger partial charge in [0, 0.05) is 34.0 Å². The number of benzene rings is 10. The molecule has 14 rings (SSSR count). The zero-order chi connectivity index (χ0) is 41.2. The van der Waals surface area contributed by atoms with Gasteiger partial charge >= 0.3 is 0 Å². The van der Waals surface area contributed by atoms with Gasteiger partial charge in [-0.1, -0.05) is 158 Å². The van der Waals surface area contributed by atoms with E-state index in [-0.39, 0.29) is 0 Å². The van der Waals surface area contributed by atoms with Crippen molar-refractivity contribution in [3.63, 3.8) is 0 Å². The summed E-state index contributed by atoms with van der Waals surface area (Å²) in [4.78, 5) is 0. The Kier molecular flexibility index (Phi) is 7.19. The lowest BCUT2D eigenvalue weighted by Gasteiger charge is -2.41. The summed E-state index contributed by atoms with van der Waals surface area (Å²) in [6, 6.07) is 74.5. The highest BCUT2D eigenvalue weighted by atomic mass is 16.5. The molecule has 11 aromatic rings. The Morgan fingerprint density at radius 3 is 1.78 bits per heavy atom. The Balaban J connectivity index is 0.986. The molecule has 294 valence electrons. The van der Waals surface area contributed by atoms with Gasteiger partial charge in [-0.25, -0.2) is 0 Å². The first kappa shape index (κ1) is 34.7. The third-order valence-electron chi connectivity index (χ3n) is 14.3. The summed E-state index contributed by atoms with van der Waals surface area (Å²) in [7, 11) is 0. The Morgan fingerprint density at radius 2 is 1.00 bits per heavy atom. The van der Waals surface area contributed by atoms with Crippen LogP contribution in [0.1, 0.15) is 29.5 Å². The molecule has 1 spiro atoms. The number of rotatable bonds is 3. The molecule has 2 nitrogen and oxygen atoms in total. The number of nitrogens with zero attached hydrogens (tertiary/aromatic N) is 1. The fraction of sp³-hybridized carbons (Fsp3) is 0.0492. The van der Waals surface area contributed by atoms with Crippen molar-refractivity contribution in [1.29, 1.82) is 0 Å². The van der Waals surface area contributed by atoms with Gasteiger partial charge in [0.05, 0.1) is 16.4 Å². The van der Waals surface area contributed by atoms with Crippen molar-refractivity contribution >= 4 is 54.1 Å². The molecule has 0 fully saturated rings. The van der Waals surface area contributed by atoms with E-state index in [1.807, 2.05) is 0 Å². The number of hydrogen-bond acceptors (Lipinski definition) is 1. The molecule has 3 aliphatic rings. The van der Waals surface area contributed by atoms with E-state index < -0.39 is 5.41 Å². The molecular weight excluding hydrogens is 763 g/mol. The number of fused-ring (bicyclic) bond motifs is 17. The van der Waals surface area contributed by atoms with E-state index in [2.05, 4.69) is 217 Å². The largest absolute Gasteiger partial charge is 0.461 e. The van der Waals surface area contributed by atoms with Crippen molar-refractivity contribution in [3.05, 3.63) is 240 Å². The van der Waals surface area contributed by atoms with Crippen molar-refractivity contribution in [2.24, 2.45) is 0 Å². The minimum absolute atomic E-state index is 0.493. The Hall–Kier alpha value is -7.94. The topological polar surface area (TPSA) is 14.2 Å². The summed E-state index contributed by atoms with van der Waals surface area (Å²) in [5.41, 5.74) is 15.6. The van der Waals surface area contributed by atoms with E-state index in [1.54, 1.807) is 0 Å². The molecule has 2 heterocycles. The van der Waals surface area contributed by atoms with Crippen molar-refractivity contribution in [2.45, 2.75) is 18.3 Å². The Labute approximate surface area is 365 Å². The molecule has 2 aliphatic carbocycles. The van der Waals surface area contributed by atoms with Crippen molar-refractivity contribution in [1.82, 2.24) is 4.57 Å². The van der Waals surface area contributed by atoms with Crippen LogP contribution in [-0.2, 0) is 5.41 Å². The Morgan fingerprint density at radius 1 is 0.397 bits per heavy atom. The van der Waals surface area contributed by atoms with Gasteiger partial charge in [-0.3, -0.25) is 0 Å². The number of ether oxygens (including phenoxy) is 1. The highest BCUT2D eigenvalue weighted by molar-refractivity contribution is 6.25. The van der Waals surface area contributed by atoms with Crippen molar-refractivity contribution in [3.8, 4) is 44.8 Å². The average molecular weight is 802 g/mol. The lowest BCUT2D eigenvalue weighted by molar-refractivity contribution is 0.364.